The number of hydrogen-bond acceptors (Lipinski definition) is 6. The predicted molar refractivity (Wildman–Crippen MR) is 151 cm³/mol. The molecular formula is C29H42FN5O6. The van der Waals surface area contributed by atoms with Gasteiger partial charge in [-0.1, -0.05) is 52.0 Å². The van der Waals surface area contributed by atoms with E-state index in [-0.39, 0.29) is 30.6 Å². The van der Waals surface area contributed by atoms with Crippen LogP contribution in [0.25, 0.3) is 0 Å². The lowest BCUT2D eigenvalue weighted by Crippen LogP contribution is -2.59. The van der Waals surface area contributed by atoms with Gasteiger partial charge in [-0.2, -0.15) is 0 Å². The summed E-state index contributed by atoms with van der Waals surface area (Å²) in [6, 6.07) is 1.84. The number of methoxy groups -OCH3 is 1. The minimum absolute atomic E-state index is 0.0937. The van der Waals surface area contributed by atoms with E-state index in [0.717, 1.165) is 0 Å². The van der Waals surface area contributed by atoms with Crippen molar-refractivity contribution in [2.45, 2.75) is 77.5 Å². The first-order valence-electron chi connectivity index (χ1n) is 13.9. The van der Waals surface area contributed by atoms with Crippen molar-refractivity contribution in [1.29, 1.82) is 0 Å². The lowest BCUT2D eigenvalue weighted by Gasteiger charge is -2.27. The van der Waals surface area contributed by atoms with E-state index in [1.165, 1.54) is 25.3 Å². The van der Waals surface area contributed by atoms with E-state index in [2.05, 4.69) is 26.6 Å². The number of carbonyl (C=O) groups excluding carboxylic acids is 5. The van der Waals surface area contributed by atoms with Gasteiger partial charge in [-0.3, -0.25) is 14.4 Å². The maximum absolute atomic E-state index is 14.3. The number of amides is 5. The standard InChI is InChI=1S/C29H42FN5O6/c1-17(2)24(34-29(40)35-25(18(3)4)28(39)41-5)27(38)33-22-12-8-9-15-31-23(36)14-13-20(32-26(22)37)16-19-10-6-7-11-21(19)30/h6-7,10-11,13-14,17-18,20,22,24-25H,8-9,12,15-16H2,1-5H3,(H,31,36)(H,32,37)(H,33,38)(H2,34,35,40)/b14-13+/t20-,22+,24+,25?/m1/s1. The van der Waals surface area contributed by atoms with Crippen LogP contribution in [0.4, 0.5) is 9.18 Å². The topological polar surface area (TPSA) is 155 Å². The Kier molecular flexibility index (Phi) is 13.2. The summed E-state index contributed by atoms with van der Waals surface area (Å²) in [6.07, 6.45) is 4.27. The Morgan fingerprint density at radius 3 is 2.32 bits per heavy atom. The molecule has 12 heteroatoms. The van der Waals surface area contributed by atoms with E-state index in [4.69, 9.17) is 4.74 Å². The number of esters is 1. The highest BCUT2D eigenvalue weighted by Crippen LogP contribution is 2.12. The lowest BCUT2D eigenvalue weighted by molar-refractivity contribution is -0.144. The van der Waals surface area contributed by atoms with Crippen LogP contribution in [0.1, 0.15) is 52.5 Å². The maximum Gasteiger partial charge on any atom is 0.328 e. The number of halogens is 1. The molecule has 226 valence electrons. The molecule has 1 unspecified atom stereocenters. The molecule has 0 fully saturated rings. The van der Waals surface area contributed by atoms with Crippen molar-refractivity contribution in [3.8, 4) is 0 Å². The molecule has 0 saturated heterocycles. The van der Waals surface area contributed by atoms with Crippen molar-refractivity contribution in [1.82, 2.24) is 26.6 Å². The smallest absolute Gasteiger partial charge is 0.328 e. The molecule has 1 heterocycles. The van der Waals surface area contributed by atoms with E-state index >= 15 is 0 Å². The van der Waals surface area contributed by atoms with Crippen molar-refractivity contribution in [2.75, 3.05) is 13.7 Å². The van der Waals surface area contributed by atoms with Crippen molar-refractivity contribution < 1.29 is 33.1 Å². The number of rotatable bonds is 9. The minimum atomic E-state index is -1.01. The molecule has 1 aliphatic rings. The third-order valence-electron chi connectivity index (χ3n) is 6.70. The fourth-order valence-corrected chi connectivity index (χ4v) is 4.31. The van der Waals surface area contributed by atoms with Gasteiger partial charge in [-0.15, -0.1) is 0 Å². The van der Waals surface area contributed by atoms with Crippen molar-refractivity contribution in [3.05, 3.63) is 47.8 Å². The van der Waals surface area contributed by atoms with Gasteiger partial charge in [0.15, 0.2) is 0 Å². The zero-order chi connectivity index (χ0) is 30.5. The third-order valence-corrected chi connectivity index (χ3v) is 6.70. The maximum atomic E-state index is 14.3. The summed E-state index contributed by atoms with van der Waals surface area (Å²) in [5.41, 5.74) is 0.359. The van der Waals surface area contributed by atoms with Crippen molar-refractivity contribution in [3.63, 3.8) is 0 Å². The van der Waals surface area contributed by atoms with Crippen LogP contribution >= 0.6 is 0 Å². The molecule has 0 saturated carbocycles. The highest BCUT2D eigenvalue weighted by Gasteiger charge is 2.31. The Labute approximate surface area is 240 Å². The number of ether oxygens (including phenoxy) is 1. The number of benzene rings is 1. The zero-order valence-electron chi connectivity index (χ0n) is 24.3. The Hall–Kier alpha value is -3.96. The largest absolute Gasteiger partial charge is 0.467 e. The van der Waals surface area contributed by atoms with Gasteiger partial charge in [0.25, 0.3) is 0 Å². The normalized spacial score (nSPS) is 20.4. The lowest BCUT2D eigenvalue weighted by atomic mass is 10.0. The van der Waals surface area contributed by atoms with Crippen LogP contribution in [0.3, 0.4) is 0 Å². The summed E-state index contributed by atoms with van der Waals surface area (Å²) < 4.78 is 19.1. The third kappa shape index (κ3) is 10.8. The molecule has 1 aromatic carbocycles. The second kappa shape index (κ2) is 16.3. The van der Waals surface area contributed by atoms with Crippen LogP contribution < -0.4 is 26.6 Å². The van der Waals surface area contributed by atoms with Gasteiger partial charge < -0.3 is 31.3 Å². The Bertz CT molecular complexity index is 1110. The fraction of sp³-hybridized carbons (Fsp3) is 0.552. The van der Waals surface area contributed by atoms with Crippen LogP contribution in [0, 0.1) is 17.7 Å². The summed E-state index contributed by atoms with van der Waals surface area (Å²) in [5, 5.41) is 13.5. The van der Waals surface area contributed by atoms with Crippen LogP contribution in [0.5, 0.6) is 0 Å². The van der Waals surface area contributed by atoms with Crippen molar-refractivity contribution >= 4 is 29.7 Å². The SMILES string of the molecule is COC(=O)C(NC(=O)N[C@H](C(=O)N[C@H]1CCCCNC(=O)/C=C/[C@H](Cc2ccccc2F)NC1=O)C(C)C)C(C)C. The average molecular weight is 576 g/mol. The van der Waals surface area contributed by atoms with E-state index in [1.807, 2.05) is 0 Å². The molecule has 11 nitrogen and oxygen atoms in total. The summed E-state index contributed by atoms with van der Waals surface area (Å²) in [5.74, 6) is -3.04. The first-order valence-corrected chi connectivity index (χ1v) is 13.9. The van der Waals surface area contributed by atoms with E-state index in [1.54, 1.807) is 45.9 Å². The molecule has 0 aliphatic carbocycles. The number of hydrogen-bond donors (Lipinski definition) is 5. The Morgan fingerprint density at radius 2 is 1.68 bits per heavy atom. The van der Waals surface area contributed by atoms with Gasteiger partial charge in [-0.25, -0.2) is 14.0 Å². The molecule has 4 atom stereocenters. The van der Waals surface area contributed by atoms with E-state index in [9.17, 15) is 28.4 Å². The summed E-state index contributed by atoms with van der Waals surface area (Å²) in [4.78, 5) is 63.6. The predicted octanol–water partition coefficient (Wildman–Crippen LogP) is 1.72. The first kappa shape index (κ1) is 33.2. The molecule has 5 N–H and O–H groups in total. The van der Waals surface area contributed by atoms with Gasteiger partial charge in [0.05, 0.1) is 13.2 Å². The molecule has 0 aromatic heterocycles. The molecule has 0 radical (unpaired) electrons. The van der Waals surface area contributed by atoms with Gasteiger partial charge in [0, 0.05) is 12.6 Å². The highest BCUT2D eigenvalue weighted by molar-refractivity contribution is 5.93. The highest BCUT2D eigenvalue weighted by atomic mass is 19.1. The molecule has 0 spiro atoms. The molecule has 5 amide bonds. The molecule has 0 bridgehead atoms. The monoisotopic (exact) mass is 575 g/mol. The van der Waals surface area contributed by atoms with Crippen LogP contribution in [0.15, 0.2) is 36.4 Å². The first-order chi connectivity index (χ1) is 19.4. The zero-order valence-corrected chi connectivity index (χ0v) is 24.3. The van der Waals surface area contributed by atoms with Gasteiger partial charge in [0.2, 0.25) is 17.7 Å². The van der Waals surface area contributed by atoms with Crippen LogP contribution in [-0.4, -0.2) is 67.5 Å². The summed E-state index contributed by atoms with van der Waals surface area (Å²) >= 11 is 0. The summed E-state index contributed by atoms with van der Waals surface area (Å²) in [7, 11) is 1.22. The molecular weight excluding hydrogens is 533 g/mol. The Morgan fingerprint density at radius 1 is 1.02 bits per heavy atom. The van der Waals surface area contributed by atoms with E-state index in [0.29, 0.717) is 24.9 Å². The fourth-order valence-electron chi connectivity index (χ4n) is 4.31. The van der Waals surface area contributed by atoms with Crippen molar-refractivity contribution in [2.24, 2.45) is 11.8 Å². The average Bonchev–Trinajstić information content (AvgIpc) is 2.92. The van der Waals surface area contributed by atoms with Crippen LogP contribution in [-0.2, 0) is 30.3 Å². The second-order valence-electron chi connectivity index (χ2n) is 10.7. The minimum Gasteiger partial charge on any atom is -0.467 e. The number of nitrogens with one attached hydrogen (secondary N) is 5. The summed E-state index contributed by atoms with van der Waals surface area (Å²) in [6.45, 7) is 7.36. The number of urea groups is 1. The van der Waals surface area contributed by atoms with Gasteiger partial charge in [-0.05, 0) is 49.1 Å². The quantitative estimate of drug-likeness (QED) is 0.283. The molecule has 1 aliphatic heterocycles. The molecule has 2 rings (SSSR count). The van der Waals surface area contributed by atoms with Crippen LogP contribution in [0.2, 0.25) is 0 Å². The Balaban J connectivity index is 2.19. The second-order valence-corrected chi connectivity index (χ2v) is 10.7. The number of carbonyl (C=O) groups is 5. The molecule has 1 aromatic rings. The van der Waals surface area contributed by atoms with Gasteiger partial charge >= 0.3 is 12.0 Å². The van der Waals surface area contributed by atoms with Gasteiger partial charge in [0.1, 0.15) is 23.9 Å². The molecule has 41 heavy (non-hydrogen) atoms. The van der Waals surface area contributed by atoms with E-state index < -0.39 is 53.8 Å².